The first-order valence-corrected chi connectivity index (χ1v) is 7.49. The summed E-state index contributed by atoms with van der Waals surface area (Å²) in [5.41, 5.74) is 6.36. The van der Waals surface area contributed by atoms with E-state index >= 15 is 0 Å². The number of anilines is 1. The summed E-state index contributed by atoms with van der Waals surface area (Å²) >= 11 is 0. The van der Waals surface area contributed by atoms with Gasteiger partial charge in [0.25, 0.3) is 5.91 Å². The van der Waals surface area contributed by atoms with Crippen LogP contribution < -0.4 is 11.1 Å². The molecule has 1 saturated carbocycles. The van der Waals surface area contributed by atoms with E-state index in [0.717, 1.165) is 12.8 Å². The van der Waals surface area contributed by atoms with Crippen LogP contribution in [0.4, 0.5) is 5.69 Å². The second-order valence-electron chi connectivity index (χ2n) is 5.51. The van der Waals surface area contributed by atoms with Gasteiger partial charge in [-0.25, -0.2) is 0 Å². The van der Waals surface area contributed by atoms with E-state index in [-0.39, 0.29) is 18.4 Å². The Morgan fingerprint density at radius 1 is 1.24 bits per heavy atom. The topological polar surface area (TPSA) is 75.4 Å². The summed E-state index contributed by atoms with van der Waals surface area (Å²) in [7, 11) is 1.85. The van der Waals surface area contributed by atoms with Gasteiger partial charge in [0.1, 0.15) is 0 Å². The van der Waals surface area contributed by atoms with Gasteiger partial charge in [-0.3, -0.25) is 9.59 Å². The lowest BCUT2D eigenvalue weighted by Gasteiger charge is -2.31. The first kappa shape index (κ1) is 15.5. The Morgan fingerprint density at radius 3 is 2.57 bits per heavy atom. The minimum absolute atomic E-state index is 0.0465. The molecule has 5 heteroatoms. The van der Waals surface area contributed by atoms with Crippen LogP contribution >= 0.6 is 0 Å². The first-order valence-electron chi connectivity index (χ1n) is 7.49. The van der Waals surface area contributed by atoms with Gasteiger partial charge in [-0.2, -0.15) is 0 Å². The van der Waals surface area contributed by atoms with E-state index < -0.39 is 0 Å². The highest BCUT2D eigenvalue weighted by Gasteiger charge is 2.24. The molecule has 0 aliphatic heterocycles. The van der Waals surface area contributed by atoms with Crippen molar-refractivity contribution in [2.45, 2.75) is 38.1 Å². The van der Waals surface area contributed by atoms with Crippen LogP contribution in [0.15, 0.2) is 24.3 Å². The molecule has 1 aromatic rings. The number of nitrogens with one attached hydrogen (secondary N) is 1. The van der Waals surface area contributed by atoms with Crippen molar-refractivity contribution >= 4 is 17.5 Å². The van der Waals surface area contributed by atoms with Gasteiger partial charge in [0.2, 0.25) is 5.91 Å². The summed E-state index contributed by atoms with van der Waals surface area (Å²) in [4.78, 5) is 26.0. The van der Waals surface area contributed by atoms with Crippen molar-refractivity contribution in [3.63, 3.8) is 0 Å². The van der Waals surface area contributed by atoms with E-state index in [0.29, 0.717) is 17.3 Å². The molecule has 5 nitrogen and oxygen atoms in total. The Balaban J connectivity index is 2.16. The smallest absolute Gasteiger partial charge is 0.255 e. The Labute approximate surface area is 125 Å². The van der Waals surface area contributed by atoms with Gasteiger partial charge < -0.3 is 16.0 Å². The van der Waals surface area contributed by atoms with Gasteiger partial charge in [0.05, 0.1) is 17.8 Å². The fourth-order valence-electron chi connectivity index (χ4n) is 2.80. The van der Waals surface area contributed by atoms with Crippen molar-refractivity contribution < 1.29 is 9.59 Å². The molecule has 114 valence electrons. The number of amides is 2. The van der Waals surface area contributed by atoms with E-state index in [9.17, 15) is 9.59 Å². The molecule has 0 heterocycles. The number of rotatable bonds is 4. The average molecular weight is 289 g/mol. The zero-order valence-electron chi connectivity index (χ0n) is 12.5. The normalized spacial score (nSPS) is 15.5. The van der Waals surface area contributed by atoms with E-state index in [4.69, 9.17) is 5.73 Å². The molecule has 1 aliphatic rings. The maximum absolute atomic E-state index is 12.7. The number of carbonyl (C=O) groups excluding carboxylic acids is 2. The Bertz CT molecular complexity index is 510. The molecular formula is C16H23N3O2. The number of para-hydroxylation sites is 1. The molecule has 21 heavy (non-hydrogen) atoms. The number of nitrogens with two attached hydrogens (primary N) is 1. The molecule has 1 aromatic carbocycles. The van der Waals surface area contributed by atoms with Crippen LogP contribution in [0.3, 0.4) is 0 Å². The highest BCUT2D eigenvalue weighted by molar-refractivity contribution is 6.04. The van der Waals surface area contributed by atoms with Crippen LogP contribution in [0.2, 0.25) is 0 Å². The minimum Gasteiger partial charge on any atom is -0.339 e. The van der Waals surface area contributed by atoms with Crippen LogP contribution in [0.1, 0.15) is 42.5 Å². The summed E-state index contributed by atoms with van der Waals surface area (Å²) in [6.07, 6.45) is 5.71. The van der Waals surface area contributed by atoms with Gasteiger partial charge in [0, 0.05) is 13.1 Å². The lowest BCUT2D eigenvalue weighted by atomic mass is 9.94. The van der Waals surface area contributed by atoms with E-state index in [1.807, 2.05) is 11.9 Å². The largest absolute Gasteiger partial charge is 0.339 e. The van der Waals surface area contributed by atoms with Crippen molar-refractivity contribution in [3.8, 4) is 0 Å². The monoisotopic (exact) mass is 289 g/mol. The van der Waals surface area contributed by atoms with Gasteiger partial charge in [-0.1, -0.05) is 31.4 Å². The van der Waals surface area contributed by atoms with E-state index in [2.05, 4.69) is 5.32 Å². The molecule has 0 atom stereocenters. The Morgan fingerprint density at radius 2 is 1.90 bits per heavy atom. The maximum atomic E-state index is 12.7. The van der Waals surface area contributed by atoms with Crippen LogP contribution in [0.25, 0.3) is 0 Å². The maximum Gasteiger partial charge on any atom is 0.255 e. The van der Waals surface area contributed by atoms with Crippen LogP contribution in [0, 0.1) is 0 Å². The molecule has 0 bridgehead atoms. The molecule has 0 aromatic heterocycles. The fraction of sp³-hybridized carbons (Fsp3) is 0.500. The van der Waals surface area contributed by atoms with Crippen LogP contribution in [-0.4, -0.2) is 36.3 Å². The first-order chi connectivity index (χ1) is 10.1. The Kier molecular flexibility index (Phi) is 5.33. The molecule has 0 spiro atoms. The van der Waals surface area contributed by atoms with E-state index in [1.165, 1.54) is 19.3 Å². The summed E-state index contributed by atoms with van der Waals surface area (Å²) in [5, 5.41) is 2.69. The zero-order chi connectivity index (χ0) is 15.2. The van der Waals surface area contributed by atoms with Crippen molar-refractivity contribution in [2.75, 3.05) is 18.9 Å². The molecule has 0 saturated heterocycles. The summed E-state index contributed by atoms with van der Waals surface area (Å²) in [6, 6.07) is 7.37. The lowest BCUT2D eigenvalue weighted by Crippen LogP contribution is -2.38. The number of benzene rings is 1. The Hall–Kier alpha value is -1.88. The van der Waals surface area contributed by atoms with E-state index in [1.54, 1.807) is 24.3 Å². The highest BCUT2D eigenvalue weighted by atomic mass is 16.2. The van der Waals surface area contributed by atoms with Crippen molar-refractivity contribution in [3.05, 3.63) is 29.8 Å². The molecular weight excluding hydrogens is 266 g/mol. The van der Waals surface area contributed by atoms with Crippen LogP contribution in [0.5, 0.6) is 0 Å². The van der Waals surface area contributed by atoms with Gasteiger partial charge in [0.15, 0.2) is 0 Å². The number of nitrogens with zero attached hydrogens (tertiary/aromatic N) is 1. The van der Waals surface area contributed by atoms with Crippen LogP contribution in [-0.2, 0) is 4.79 Å². The molecule has 2 rings (SSSR count). The number of hydrogen-bond acceptors (Lipinski definition) is 3. The van der Waals surface area contributed by atoms with Gasteiger partial charge in [-0.05, 0) is 25.0 Å². The quantitative estimate of drug-likeness (QED) is 0.890. The standard InChI is InChI=1S/C16H23N3O2/c1-19(12-7-3-2-4-8-12)16(21)13-9-5-6-10-14(13)18-15(20)11-17/h5-6,9-10,12H,2-4,7-8,11,17H2,1H3,(H,18,20). The third kappa shape index (κ3) is 3.82. The molecule has 2 amide bonds. The predicted octanol–water partition coefficient (Wildman–Crippen LogP) is 1.99. The minimum atomic E-state index is -0.296. The highest BCUT2D eigenvalue weighted by Crippen LogP contribution is 2.24. The second kappa shape index (κ2) is 7.22. The second-order valence-corrected chi connectivity index (χ2v) is 5.51. The summed E-state index contributed by atoms with van der Waals surface area (Å²) in [5.74, 6) is -0.342. The molecule has 0 radical (unpaired) electrons. The molecule has 1 aliphatic carbocycles. The third-order valence-electron chi connectivity index (χ3n) is 4.06. The molecule has 0 unspecified atom stereocenters. The van der Waals surface area contributed by atoms with Crippen molar-refractivity contribution in [2.24, 2.45) is 5.73 Å². The average Bonchev–Trinajstić information content (AvgIpc) is 2.54. The molecule has 1 fully saturated rings. The summed E-state index contributed by atoms with van der Waals surface area (Å²) < 4.78 is 0. The zero-order valence-corrected chi connectivity index (χ0v) is 12.5. The third-order valence-corrected chi connectivity index (χ3v) is 4.06. The van der Waals surface area contributed by atoms with Gasteiger partial charge in [-0.15, -0.1) is 0 Å². The summed E-state index contributed by atoms with van der Waals surface area (Å²) in [6.45, 7) is -0.0962. The number of carbonyl (C=O) groups is 2. The van der Waals surface area contributed by atoms with Crippen molar-refractivity contribution in [1.82, 2.24) is 4.90 Å². The van der Waals surface area contributed by atoms with Gasteiger partial charge >= 0.3 is 0 Å². The number of hydrogen-bond donors (Lipinski definition) is 2. The SMILES string of the molecule is CN(C(=O)c1ccccc1NC(=O)CN)C1CCCCC1. The predicted molar refractivity (Wildman–Crippen MR) is 83.1 cm³/mol. The van der Waals surface area contributed by atoms with Crippen molar-refractivity contribution in [1.29, 1.82) is 0 Å². The lowest BCUT2D eigenvalue weighted by molar-refractivity contribution is -0.114. The fourth-order valence-corrected chi connectivity index (χ4v) is 2.80. The molecule has 3 N–H and O–H groups in total.